The Balaban J connectivity index is 0.00000392. The van der Waals surface area contributed by atoms with Gasteiger partial charge < -0.3 is 20.1 Å². The molecule has 0 radical (unpaired) electrons. The van der Waals surface area contributed by atoms with Gasteiger partial charge in [0.05, 0.1) is 14.2 Å². The molecule has 2 rings (SSSR count). The largest absolute Gasteiger partial charge is 0.496 e. The van der Waals surface area contributed by atoms with Crippen molar-refractivity contribution in [2.45, 2.75) is 26.2 Å². The molecular weight excluding hydrogens is 465 g/mol. The first-order valence-corrected chi connectivity index (χ1v) is 9.46. The van der Waals surface area contributed by atoms with Gasteiger partial charge in [0.2, 0.25) is 0 Å². The number of ether oxygens (including phenoxy) is 2. The van der Waals surface area contributed by atoms with Crippen LogP contribution >= 0.6 is 24.0 Å². The van der Waals surface area contributed by atoms with Crippen molar-refractivity contribution in [1.29, 1.82) is 0 Å². The standard InChI is InChI=1S/C22H31N3O2.HI/c1-5-23-22(24-15-14-18-10-6-8-12-20(18)26-3)25-16-17(2)19-11-7-9-13-21(19)27-4;/h6-13,17H,5,14-16H2,1-4H3,(H2,23,24,25);1H. The fraction of sp³-hybridized carbons (Fsp3) is 0.409. The summed E-state index contributed by atoms with van der Waals surface area (Å²) < 4.78 is 10.9. The number of methoxy groups -OCH3 is 2. The highest BCUT2D eigenvalue weighted by Crippen LogP contribution is 2.26. The molecule has 2 N–H and O–H groups in total. The molecule has 1 atom stereocenters. The summed E-state index contributed by atoms with van der Waals surface area (Å²) in [7, 11) is 3.41. The summed E-state index contributed by atoms with van der Waals surface area (Å²) in [4.78, 5) is 4.75. The Labute approximate surface area is 186 Å². The maximum atomic E-state index is 5.46. The van der Waals surface area contributed by atoms with E-state index in [1.165, 1.54) is 11.1 Å². The zero-order valence-corrected chi connectivity index (χ0v) is 19.5. The zero-order chi connectivity index (χ0) is 19.5. The second kappa shape index (κ2) is 13.3. The molecule has 2 aromatic carbocycles. The van der Waals surface area contributed by atoms with Crippen LogP contribution in [0.2, 0.25) is 0 Å². The van der Waals surface area contributed by atoms with Crippen LogP contribution < -0.4 is 20.1 Å². The molecule has 0 amide bonds. The normalized spacial score (nSPS) is 11.9. The van der Waals surface area contributed by atoms with E-state index >= 15 is 0 Å². The molecule has 6 heteroatoms. The zero-order valence-electron chi connectivity index (χ0n) is 17.2. The minimum absolute atomic E-state index is 0. The number of aliphatic imine (C=N–C) groups is 1. The van der Waals surface area contributed by atoms with Crippen LogP contribution in [0.1, 0.15) is 30.9 Å². The molecule has 1 unspecified atom stereocenters. The number of para-hydroxylation sites is 2. The van der Waals surface area contributed by atoms with Crippen LogP contribution in [0, 0.1) is 0 Å². The highest BCUT2D eigenvalue weighted by atomic mass is 127. The molecule has 0 aliphatic rings. The number of guanidine groups is 1. The molecule has 0 aromatic heterocycles. The van der Waals surface area contributed by atoms with Gasteiger partial charge >= 0.3 is 0 Å². The minimum Gasteiger partial charge on any atom is -0.496 e. The van der Waals surface area contributed by atoms with Gasteiger partial charge in [-0.1, -0.05) is 43.3 Å². The van der Waals surface area contributed by atoms with E-state index < -0.39 is 0 Å². The molecule has 5 nitrogen and oxygen atoms in total. The molecular formula is C22H32IN3O2. The highest BCUT2D eigenvalue weighted by Gasteiger charge is 2.11. The number of nitrogens with zero attached hydrogens (tertiary/aromatic N) is 1. The first kappa shape index (κ1) is 24.1. The predicted octanol–water partition coefficient (Wildman–Crippen LogP) is 4.22. The van der Waals surface area contributed by atoms with Gasteiger partial charge in [-0.2, -0.15) is 0 Å². The van der Waals surface area contributed by atoms with Crippen molar-refractivity contribution in [3.05, 3.63) is 59.7 Å². The van der Waals surface area contributed by atoms with Crippen LogP contribution in [0.25, 0.3) is 0 Å². The van der Waals surface area contributed by atoms with E-state index in [9.17, 15) is 0 Å². The summed E-state index contributed by atoms with van der Waals surface area (Å²) in [5.74, 6) is 2.93. The monoisotopic (exact) mass is 497 g/mol. The van der Waals surface area contributed by atoms with Crippen molar-refractivity contribution in [2.75, 3.05) is 33.9 Å². The van der Waals surface area contributed by atoms with Crippen LogP contribution in [0.3, 0.4) is 0 Å². The molecule has 0 saturated heterocycles. The summed E-state index contributed by atoms with van der Waals surface area (Å²) in [5, 5.41) is 6.72. The molecule has 0 aliphatic heterocycles. The third-order valence-electron chi connectivity index (χ3n) is 4.42. The Morgan fingerprint density at radius 1 is 0.964 bits per heavy atom. The van der Waals surface area contributed by atoms with E-state index in [-0.39, 0.29) is 29.9 Å². The lowest BCUT2D eigenvalue weighted by Gasteiger charge is -2.16. The lowest BCUT2D eigenvalue weighted by Crippen LogP contribution is -2.38. The van der Waals surface area contributed by atoms with E-state index in [1.807, 2.05) is 36.4 Å². The van der Waals surface area contributed by atoms with Crippen LogP contribution in [-0.4, -0.2) is 39.8 Å². The van der Waals surface area contributed by atoms with E-state index in [2.05, 4.69) is 36.6 Å². The molecule has 0 bridgehead atoms. The maximum Gasteiger partial charge on any atom is 0.191 e. The molecule has 0 spiro atoms. The summed E-state index contributed by atoms with van der Waals surface area (Å²) >= 11 is 0. The average Bonchev–Trinajstić information content (AvgIpc) is 2.72. The van der Waals surface area contributed by atoms with Crippen molar-refractivity contribution < 1.29 is 9.47 Å². The first-order chi connectivity index (χ1) is 13.2. The Morgan fingerprint density at radius 2 is 1.61 bits per heavy atom. The molecule has 0 fully saturated rings. The number of hydrogen-bond acceptors (Lipinski definition) is 3. The summed E-state index contributed by atoms with van der Waals surface area (Å²) in [6.07, 6.45) is 0.872. The van der Waals surface area contributed by atoms with Gasteiger partial charge in [0.25, 0.3) is 0 Å². The number of nitrogens with one attached hydrogen (secondary N) is 2. The average molecular weight is 497 g/mol. The lowest BCUT2D eigenvalue weighted by molar-refractivity contribution is 0.407. The summed E-state index contributed by atoms with van der Waals surface area (Å²) in [6, 6.07) is 16.2. The lowest BCUT2D eigenvalue weighted by atomic mass is 10.0. The highest BCUT2D eigenvalue weighted by molar-refractivity contribution is 14.0. The van der Waals surface area contributed by atoms with E-state index in [0.29, 0.717) is 6.54 Å². The van der Waals surface area contributed by atoms with Crippen molar-refractivity contribution >= 4 is 29.9 Å². The number of benzene rings is 2. The molecule has 0 aliphatic carbocycles. The number of hydrogen-bond donors (Lipinski definition) is 2. The van der Waals surface area contributed by atoms with Crippen LogP contribution in [-0.2, 0) is 6.42 Å². The van der Waals surface area contributed by atoms with Crippen molar-refractivity contribution in [1.82, 2.24) is 10.6 Å². The number of rotatable bonds is 9. The summed E-state index contributed by atoms with van der Waals surface area (Å²) in [6.45, 7) is 6.53. The topological polar surface area (TPSA) is 54.9 Å². The fourth-order valence-electron chi connectivity index (χ4n) is 2.97. The third kappa shape index (κ3) is 7.22. The SMILES string of the molecule is CCNC(=NCC(C)c1ccccc1OC)NCCc1ccccc1OC.I. The van der Waals surface area contributed by atoms with Crippen molar-refractivity contribution in [3.8, 4) is 11.5 Å². The minimum atomic E-state index is 0. The van der Waals surface area contributed by atoms with Gasteiger partial charge in [-0.05, 0) is 36.6 Å². The number of halogens is 1. The van der Waals surface area contributed by atoms with Crippen LogP contribution in [0.4, 0.5) is 0 Å². The van der Waals surface area contributed by atoms with Gasteiger partial charge in [0, 0.05) is 25.6 Å². The third-order valence-corrected chi connectivity index (χ3v) is 4.42. The Kier molecular flexibility index (Phi) is 11.4. The smallest absolute Gasteiger partial charge is 0.191 e. The van der Waals surface area contributed by atoms with E-state index in [1.54, 1.807) is 14.2 Å². The van der Waals surface area contributed by atoms with Gasteiger partial charge in [-0.25, -0.2) is 0 Å². The van der Waals surface area contributed by atoms with Gasteiger partial charge in [0.1, 0.15) is 11.5 Å². The Hall–Kier alpha value is -1.96. The van der Waals surface area contributed by atoms with Gasteiger partial charge in [-0.15, -0.1) is 24.0 Å². The fourth-order valence-corrected chi connectivity index (χ4v) is 2.97. The second-order valence-corrected chi connectivity index (χ2v) is 6.35. The van der Waals surface area contributed by atoms with Crippen molar-refractivity contribution in [2.24, 2.45) is 4.99 Å². The molecule has 2 aromatic rings. The van der Waals surface area contributed by atoms with Gasteiger partial charge in [0.15, 0.2) is 5.96 Å². The molecule has 28 heavy (non-hydrogen) atoms. The van der Waals surface area contributed by atoms with E-state index in [4.69, 9.17) is 14.5 Å². The Bertz CT molecular complexity index is 737. The quantitative estimate of drug-likeness (QED) is 0.310. The van der Waals surface area contributed by atoms with E-state index in [0.717, 1.165) is 37.0 Å². The first-order valence-electron chi connectivity index (χ1n) is 9.46. The molecule has 0 heterocycles. The second-order valence-electron chi connectivity index (χ2n) is 6.35. The Morgan fingerprint density at radius 3 is 2.29 bits per heavy atom. The van der Waals surface area contributed by atoms with Crippen LogP contribution in [0.15, 0.2) is 53.5 Å². The molecule has 0 saturated carbocycles. The van der Waals surface area contributed by atoms with Gasteiger partial charge in [-0.3, -0.25) is 4.99 Å². The summed E-state index contributed by atoms with van der Waals surface area (Å²) in [5.41, 5.74) is 2.36. The maximum absolute atomic E-state index is 5.46. The predicted molar refractivity (Wildman–Crippen MR) is 128 cm³/mol. The van der Waals surface area contributed by atoms with Crippen LogP contribution in [0.5, 0.6) is 11.5 Å². The van der Waals surface area contributed by atoms with Crippen molar-refractivity contribution in [3.63, 3.8) is 0 Å². The molecule has 154 valence electrons.